The second kappa shape index (κ2) is 9.75. The molecule has 0 saturated heterocycles. The molecule has 0 fully saturated rings. The molecule has 0 amide bonds. The maximum atomic E-state index is 15.7. The summed E-state index contributed by atoms with van der Waals surface area (Å²) in [5, 5.41) is 23.5. The Hall–Kier alpha value is -5.14. The zero-order valence-electron chi connectivity index (χ0n) is 22.4. The average molecular weight is 584 g/mol. The van der Waals surface area contributed by atoms with Gasteiger partial charge in [0, 0.05) is 34.1 Å². The number of halogens is 4. The first-order valence-corrected chi connectivity index (χ1v) is 12.3. The van der Waals surface area contributed by atoms with E-state index in [1.165, 1.54) is 24.3 Å². The van der Waals surface area contributed by atoms with Gasteiger partial charge in [-0.25, -0.2) is 9.97 Å². The number of rotatable bonds is 2. The summed E-state index contributed by atoms with van der Waals surface area (Å²) in [4.78, 5) is 29.7. The summed E-state index contributed by atoms with van der Waals surface area (Å²) < 4.78 is 73.1. The monoisotopic (exact) mass is 584 g/mol. The van der Waals surface area contributed by atoms with Crippen LogP contribution in [0.2, 0.25) is 0 Å². The van der Waals surface area contributed by atoms with Crippen LogP contribution in [0.3, 0.4) is 0 Å². The van der Waals surface area contributed by atoms with E-state index in [-0.39, 0.29) is 11.8 Å². The summed E-state index contributed by atoms with van der Waals surface area (Å²) in [5.41, 5.74) is -6.90. The van der Waals surface area contributed by atoms with Gasteiger partial charge in [-0.1, -0.05) is 26.0 Å². The number of pyridine rings is 2. The fourth-order valence-corrected chi connectivity index (χ4v) is 4.72. The third kappa shape index (κ3) is 4.44. The molecule has 42 heavy (non-hydrogen) atoms. The van der Waals surface area contributed by atoms with Gasteiger partial charge < -0.3 is 9.47 Å². The molecule has 2 aromatic heterocycles. The predicted octanol–water partition coefficient (Wildman–Crippen LogP) is 7.40. The van der Waals surface area contributed by atoms with Crippen LogP contribution in [0.15, 0.2) is 48.5 Å². The number of nitro groups is 2. The van der Waals surface area contributed by atoms with E-state index < -0.39 is 77.9 Å². The summed E-state index contributed by atoms with van der Waals surface area (Å²) in [6, 6.07) is 10.5. The molecule has 0 atom stereocenters. The third-order valence-electron chi connectivity index (χ3n) is 7.16. The van der Waals surface area contributed by atoms with E-state index in [4.69, 9.17) is 9.47 Å². The van der Waals surface area contributed by atoms with E-state index in [9.17, 15) is 20.2 Å². The first-order valence-electron chi connectivity index (χ1n) is 12.3. The fraction of sp³-hybridized carbons (Fsp3) is 0.214. The Balaban J connectivity index is 1.91. The molecule has 0 radical (unpaired) electrons. The molecular weight excluding hydrogens is 564 g/mol. The summed E-state index contributed by atoms with van der Waals surface area (Å²) >= 11 is 0. The van der Waals surface area contributed by atoms with Crippen molar-refractivity contribution in [3.8, 4) is 23.3 Å². The van der Waals surface area contributed by atoms with Gasteiger partial charge in [0.1, 0.15) is 0 Å². The van der Waals surface area contributed by atoms with Crippen molar-refractivity contribution in [2.45, 2.75) is 38.5 Å². The van der Waals surface area contributed by atoms with Gasteiger partial charge in [0.25, 0.3) is 0 Å². The minimum absolute atomic E-state index is 0.213. The molecule has 0 unspecified atom stereocenters. The number of benzene rings is 2. The Morgan fingerprint density at radius 3 is 1.38 bits per heavy atom. The highest BCUT2D eigenvalue weighted by Gasteiger charge is 2.41. The Bertz CT molecular complexity index is 1690. The van der Waals surface area contributed by atoms with Crippen LogP contribution in [0.4, 0.5) is 28.9 Å². The topological polar surface area (TPSA) is 131 Å². The lowest BCUT2D eigenvalue weighted by Crippen LogP contribution is -2.25. The number of hydrogen-bond donors (Lipinski definition) is 0. The van der Waals surface area contributed by atoms with E-state index in [1.807, 2.05) is 0 Å². The van der Waals surface area contributed by atoms with E-state index >= 15 is 17.6 Å². The number of fused-ring (bicyclic) bond motifs is 8. The third-order valence-corrected chi connectivity index (χ3v) is 7.16. The lowest BCUT2D eigenvalue weighted by atomic mass is 9.76. The molecule has 14 heteroatoms. The van der Waals surface area contributed by atoms with Crippen LogP contribution >= 0.6 is 0 Å². The van der Waals surface area contributed by atoms with Gasteiger partial charge in [-0.05, 0) is 38.1 Å². The molecule has 10 nitrogen and oxygen atoms in total. The predicted molar refractivity (Wildman–Crippen MR) is 139 cm³/mol. The molecule has 216 valence electrons. The van der Waals surface area contributed by atoms with Crippen LogP contribution in [0.25, 0.3) is 0 Å². The van der Waals surface area contributed by atoms with Crippen molar-refractivity contribution in [3.63, 3.8) is 0 Å². The zero-order chi connectivity index (χ0) is 30.7. The standard InChI is InChI=1S/C28H20F4N4O6/c1-27(2)13-11-15(23(31)25(21(13)29)35(37)38)41-19-9-5-7-17(33-19)28(3,4)18-8-6-10-20(34-18)42-16-12-14(27)22(30)26(24(16)32)36(39)40/h5-12H,1-4H3. The van der Waals surface area contributed by atoms with Gasteiger partial charge in [0.05, 0.1) is 21.2 Å². The summed E-state index contributed by atoms with van der Waals surface area (Å²) in [6.45, 7) is 5.76. The van der Waals surface area contributed by atoms with Crippen LogP contribution in [0.5, 0.6) is 23.3 Å². The van der Waals surface area contributed by atoms with Gasteiger partial charge in [-0.3, -0.25) is 20.2 Å². The maximum Gasteiger partial charge on any atom is 0.344 e. The van der Waals surface area contributed by atoms with Crippen molar-refractivity contribution in [3.05, 3.63) is 115 Å². The van der Waals surface area contributed by atoms with Crippen molar-refractivity contribution in [2.24, 2.45) is 0 Å². The molecule has 0 aliphatic carbocycles. The van der Waals surface area contributed by atoms with E-state index in [2.05, 4.69) is 9.97 Å². The minimum atomic E-state index is -2.02. The summed E-state index contributed by atoms with van der Waals surface area (Å²) in [6.07, 6.45) is 0. The number of nitro benzene ring substituents is 2. The smallest absolute Gasteiger partial charge is 0.344 e. The Morgan fingerprint density at radius 2 is 1.02 bits per heavy atom. The lowest BCUT2D eigenvalue weighted by molar-refractivity contribution is -0.390. The largest absolute Gasteiger partial charge is 0.436 e. The molecule has 5 rings (SSSR count). The maximum absolute atomic E-state index is 15.7. The number of aromatic nitrogens is 2. The highest BCUT2D eigenvalue weighted by Crippen LogP contribution is 2.46. The van der Waals surface area contributed by atoms with Gasteiger partial charge in [0.15, 0.2) is 11.5 Å². The molecule has 1 aliphatic heterocycles. The Morgan fingerprint density at radius 1 is 0.643 bits per heavy atom. The fourth-order valence-electron chi connectivity index (χ4n) is 4.72. The SMILES string of the molecule is CC1(C)c2cccc(n2)Oc2cc(c(F)c([N+](=O)[O-])c2F)C(C)(C)c2cc(c(F)c([N+](=O)[O-])c2F)Oc2cccc1n2. The molecule has 2 aromatic carbocycles. The van der Waals surface area contributed by atoms with Gasteiger partial charge in [0.2, 0.25) is 35.0 Å². The van der Waals surface area contributed by atoms with E-state index in [0.29, 0.717) is 11.4 Å². The molecule has 8 bridgehead atoms. The van der Waals surface area contributed by atoms with E-state index in [0.717, 1.165) is 26.0 Å². The van der Waals surface area contributed by atoms with Crippen LogP contribution in [-0.4, -0.2) is 19.8 Å². The van der Waals surface area contributed by atoms with Crippen LogP contribution in [-0.2, 0) is 10.8 Å². The Kier molecular flexibility index (Phi) is 6.59. The molecule has 0 saturated carbocycles. The number of ether oxygens (including phenoxy) is 2. The first kappa shape index (κ1) is 28.4. The van der Waals surface area contributed by atoms with Gasteiger partial charge >= 0.3 is 11.4 Å². The van der Waals surface area contributed by atoms with E-state index in [1.54, 1.807) is 26.0 Å². The van der Waals surface area contributed by atoms with Crippen molar-refractivity contribution in [1.29, 1.82) is 0 Å². The van der Waals surface area contributed by atoms with Crippen LogP contribution in [0, 0.1) is 43.5 Å². The van der Waals surface area contributed by atoms with Crippen molar-refractivity contribution < 1.29 is 36.9 Å². The van der Waals surface area contributed by atoms with Crippen molar-refractivity contribution in [1.82, 2.24) is 9.97 Å². The first-order chi connectivity index (χ1) is 19.6. The average Bonchev–Trinajstić information content (AvgIpc) is 2.91. The van der Waals surface area contributed by atoms with Gasteiger partial charge in [-0.15, -0.1) is 0 Å². The highest BCUT2D eigenvalue weighted by atomic mass is 19.1. The van der Waals surface area contributed by atoms with Crippen LogP contribution in [0.1, 0.15) is 50.2 Å². The van der Waals surface area contributed by atoms with Crippen molar-refractivity contribution >= 4 is 11.4 Å². The minimum Gasteiger partial charge on any atom is -0.436 e. The molecule has 0 N–H and O–H groups in total. The van der Waals surface area contributed by atoms with Crippen LogP contribution < -0.4 is 9.47 Å². The number of hydrogen-bond acceptors (Lipinski definition) is 8. The summed E-state index contributed by atoms with van der Waals surface area (Å²) in [5.74, 6) is -8.81. The molecule has 3 heterocycles. The second-order valence-corrected chi connectivity index (χ2v) is 10.5. The number of nitrogens with zero attached hydrogens (tertiary/aromatic N) is 4. The Labute approximate surface area is 234 Å². The summed E-state index contributed by atoms with van der Waals surface area (Å²) in [7, 11) is 0. The molecular formula is C28H20F4N4O6. The van der Waals surface area contributed by atoms with Crippen molar-refractivity contribution in [2.75, 3.05) is 0 Å². The second-order valence-electron chi connectivity index (χ2n) is 10.5. The lowest BCUT2D eigenvalue weighted by Gasteiger charge is -2.28. The normalized spacial score (nSPS) is 14.9. The quantitative estimate of drug-likeness (QED) is 0.135. The van der Waals surface area contributed by atoms with Gasteiger partial charge in [-0.2, -0.15) is 17.6 Å². The molecule has 1 aliphatic rings. The molecule has 4 aromatic rings. The molecule has 0 spiro atoms. The highest BCUT2D eigenvalue weighted by molar-refractivity contribution is 5.56. The zero-order valence-corrected chi connectivity index (χ0v) is 22.4.